The van der Waals surface area contributed by atoms with Gasteiger partial charge < -0.3 is 16.3 Å². The molecular weight excluding hydrogens is 326 g/mol. The normalized spacial score (nSPS) is 19.7. The van der Waals surface area contributed by atoms with Crippen LogP contribution in [0.2, 0.25) is 0 Å². The summed E-state index contributed by atoms with van der Waals surface area (Å²) >= 11 is 0. The smallest absolute Gasteiger partial charge is 0.228 e. The Morgan fingerprint density at radius 1 is 1.23 bits per heavy atom. The van der Waals surface area contributed by atoms with E-state index in [1.54, 1.807) is 0 Å². The second-order valence-corrected chi connectivity index (χ2v) is 8.66. The van der Waals surface area contributed by atoms with E-state index in [1.807, 2.05) is 58.0 Å². The standard InChI is InChI=1S/C21H33N3O2/c1-14(2)12-15(22)8-7-9-19(25)23-16-10-11-17-18(13-16)21(5,6)24(26)20(17,3)4/h7-8,10-11,13-15,26H,9,12,22H2,1-6H3,(H,23,25)/b8-7+/t15-/m1/s1. The van der Waals surface area contributed by atoms with E-state index in [0.717, 1.165) is 23.2 Å². The zero-order chi connectivity index (χ0) is 19.7. The molecule has 1 aliphatic heterocycles. The minimum Gasteiger partial charge on any atom is -0.326 e. The maximum atomic E-state index is 12.2. The number of benzene rings is 1. The minimum atomic E-state index is -0.511. The molecular formula is C21H33N3O2. The number of fused-ring (bicyclic) bond motifs is 1. The van der Waals surface area contributed by atoms with Gasteiger partial charge in [0.25, 0.3) is 0 Å². The number of hydroxylamine groups is 2. The number of nitrogens with zero attached hydrogens (tertiary/aromatic N) is 1. The summed E-state index contributed by atoms with van der Waals surface area (Å²) in [6.07, 6.45) is 4.94. The van der Waals surface area contributed by atoms with Crippen LogP contribution >= 0.6 is 0 Å². The first-order valence-electron chi connectivity index (χ1n) is 9.32. The molecule has 26 heavy (non-hydrogen) atoms. The second kappa shape index (κ2) is 7.51. The van der Waals surface area contributed by atoms with Crippen LogP contribution < -0.4 is 11.1 Å². The number of rotatable bonds is 6. The number of nitrogens with two attached hydrogens (primary N) is 1. The van der Waals surface area contributed by atoms with Gasteiger partial charge in [-0.3, -0.25) is 4.79 Å². The van der Waals surface area contributed by atoms with Gasteiger partial charge in [0.05, 0.1) is 11.1 Å². The molecule has 0 radical (unpaired) electrons. The summed E-state index contributed by atoms with van der Waals surface area (Å²) < 4.78 is 0. The third-order valence-corrected chi connectivity index (χ3v) is 5.11. The van der Waals surface area contributed by atoms with E-state index in [9.17, 15) is 10.0 Å². The van der Waals surface area contributed by atoms with Crippen LogP contribution in [-0.4, -0.2) is 22.2 Å². The molecule has 1 aliphatic rings. The van der Waals surface area contributed by atoms with Crippen LogP contribution in [0.5, 0.6) is 0 Å². The lowest BCUT2D eigenvalue weighted by molar-refractivity contribution is -0.216. The molecule has 0 saturated carbocycles. The highest BCUT2D eigenvalue weighted by molar-refractivity contribution is 5.91. The highest BCUT2D eigenvalue weighted by Gasteiger charge is 2.48. The predicted octanol–water partition coefficient (Wildman–Crippen LogP) is 4.12. The molecule has 144 valence electrons. The van der Waals surface area contributed by atoms with Crippen LogP contribution in [0.25, 0.3) is 0 Å². The van der Waals surface area contributed by atoms with Crippen molar-refractivity contribution in [2.75, 3.05) is 5.32 Å². The summed E-state index contributed by atoms with van der Waals surface area (Å²) in [6, 6.07) is 5.82. The van der Waals surface area contributed by atoms with Gasteiger partial charge in [-0.1, -0.05) is 32.1 Å². The summed E-state index contributed by atoms with van der Waals surface area (Å²) in [7, 11) is 0. The van der Waals surface area contributed by atoms with Crippen LogP contribution in [0, 0.1) is 5.92 Å². The Hall–Kier alpha value is -1.69. The van der Waals surface area contributed by atoms with Crippen LogP contribution in [-0.2, 0) is 15.9 Å². The molecule has 1 aromatic rings. The molecule has 1 atom stereocenters. The second-order valence-electron chi connectivity index (χ2n) is 8.66. The monoisotopic (exact) mass is 359 g/mol. The number of carbonyl (C=O) groups is 1. The van der Waals surface area contributed by atoms with E-state index in [0.29, 0.717) is 12.3 Å². The number of hydrogen-bond donors (Lipinski definition) is 3. The third kappa shape index (κ3) is 4.17. The van der Waals surface area contributed by atoms with E-state index >= 15 is 0 Å². The molecule has 0 aliphatic carbocycles. The first-order chi connectivity index (χ1) is 12.0. The molecule has 0 spiro atoms. The summed E-state index contributed by atoms with van der Waals surface area (Å²) in [5, 5.41) is 14.9. The first-order valence-corrected chi connectivity index (χ1v) is 9.32. The molecule has 2 rings (SSSR count). The number of anilines is 1. The van der Waals surface area contributed by atoms with E-state index in [2.05, 4.69) is 19.2 Å². The lowest BCUT2D eigenvalue weighted by atomic mass is 9.90. The number of nitrogens with one attached hydrogen (secondary N) is 1. The van der Waals surface area contributed by atoms with Crippen molar-refractivity contribution in [3.8, 4) is 0 Å². The van der Waals surface area contributed by atoms with Gasteiger partial charge in [0.15, 0.2) is 0 Å². The number of amides is 1. The molecule has 0 fully saturated rings. The van der Waals surface area contributed by atoms with Gasteiger partial charge in [0.1, 0.15) is 0 Å². The van der Waals surface area contributed by atoms with Crippen molar-refractivity contribution in [1.29, 1.82) is 0 Å². The Balaban J connectivity index is 2.05. The van der Waals surface area contributed by atoms with E-state index < -0.39 is 11.1 Å². The highest BCUT2D eigenvalue weighted by Crippen LogP contribution is 2.48. The van der Waals surface area contributed by atoms with Gasteiger partial charge in [0.2, 0.25) is 5.91 Å². The van der Waals surface area contributed by atoms with Crippen molar-refractivity contribution in [1.82, 2.24) is 5.06 Å². The van der Waals surface area contributed by atoms with E-state index in [-0.39, 0.29) is 11.9 Å². The van der Waals surface area contributed by atoms with Gasteiger partial charge in [-0.25, -0.2) is 0 Å². The van der Waals surface area contributed by atoms with Crippen molar-refractivity contribution in [2.45, 2.75) is 71.5 Å². The fraction of sp³-hybridized carbons (Fsp3) is 0.571. The minimum absolute atomic E-state index is 0.0126. The topological polar surface area (TPSA) is 78.6 Å². The van der Waals surface area contributed by atoms with Gasteiger partial charge in [0, 0.05) is 18.2 Å². The molecule has 5 heteroatoms. The van der Waals surface area contributed by atoms with Crippen LogP contribution in [0.4, 0.5) is 5.69 Å². The highest BCUT2D eigenvalue weighted by atomic mass is 16.5. The fourth-order valence-electron chi connectivity index (χ4n) is 3.77. The molecule has 4 N–H and O–H groups in total. The third-order valence-electron chi connectivity index (χ3n) is 5.11. The van der Waals surface area contributed by atoms with E-state index in [1.165, 1.54) is 5.06 Å². The lowest BCUT2D eigenvalue weighted by Gasteiger charge is -2.34. The van der Waals surface area contributed by atoms with Gasteiger partial charge >= 0.3 is 0 Å². The maximum absolute atomic E-state index is 12.2. The molecule has 0 bridgehead atoms. The van der Waals surface area contributed by atoms with Crippen molar-refractivity contribution < 1.29 is 10.0 Å². The van der Waals surface area contributed by atoms with Gasteiger partial charge in [-0.2, -0.15) is 5.06 Å². The Morgan fingerprint density at radius 3 is 2.46 bits per heavy atom. The summed E-state index contributed by atoms with van der Waals surface area (Å²) in [5.41, 5.74) is 7.86. The maximum Gasteiger partial charge on any atom is 0.228 e. The summed E-state index contributed by atoms with van der Waals surface area (Å²) in [5.74, 6) is 0.461. The average Bonchev–Trinajstić information content (AvgIpc) is 2.65. The van der Waals surface area contributed by atoms with Crippen LogP contribution in [0.3, 0.4) is 0 Å². The summed E-state index contributed by atoms with van der Waals surface area (Å²) in [4.78, 5) is 12.2. The Morgan fingerprint density at radius 2 is 1.85 bits per heavy atom. The SMILES string of the molecule is CC(C)C[C@H](N)/C=C/CC(=O)Nc1ccc2c(c1)C(C)(C)N(O)C2(C)C. The predicted molar refractivity (Wildman–Crippen MR) is 106 cm³/mol. The molecule has 5 nitrogen and oxygen atoms in total. The number of carbonyl (C=O) groups excluding carboxylic acids is 1. The first kappa shape index (κ1) is 20.6. The van der Waals surface area contributed by atoms with Crippen molar-refractivity contribution in [2.24, 2.45) is 11.7 Å². The number of hydrogen-bond acceptors (Lipinski definition) is 4. The van der Waals surface area contributed by atoms with E-state index in [4.69, 9.17) is 5.73 Å². The van der Waals surface area contributed by atoms with Crippen molar-refractivity contribution in [3.63, 3.8) is 0 Å². The van der Waals surface area contributed by atoms with Gasteiger partial charge in [-0.15, -0.1) is 0 Å². The molecule has 1 amide bonds. The molecule has 0 unspecified atom stereocenters. The Kier molecular flexibility index (Phi) is 5.95. The molecule has 0 saturated heterocycles. The lowest BCUT2D eigenvalue weighted by Crippen LogP contribution is -2.42. The van der Waals surface area contributed by atoms with Crippen molar-refractivity contribution >= 4 is 11.6 Å². The molecule has 0 aromatic heterocycles. The van der Waals surface area contributed by atoms with Crippen LogP contribution in [0.1, 0.15) is 65.5 Å². The zero-order valence-corrected chi connectivity index (χ0v) is 16.8. The van der Waals surface area contributed by atoms with Crippen LogP contribution in [0.15, 0.2) is 30.4 Å². The zero-order valence-electron chi connectivity index (χ0n) is 16.8. The fourth-order valence-corrected chi connectivity index (χ4v) is 3.77. The van der Waals surface area contributed by atoms with Gasteiger partial charge in [-0.05, 0) is 63.3 Å². The molecule has 1 heterocycles. The molecule has 1 aromatic carbocycles. The summed E-state index contributed by atoms with van der Waals surface area (Å²) in [6.45, 7) is 12.2. The largest absolute Gasteiger partial charge is 0.326 e. The Bertz CT molecular complexity index is 692. The Labute approximate surface area is 157 Å². The average molecular weight is 360 g/mol. The van der Waals surface area contributed by atoms with Crippen molar-refractivity contribution in [3.05, 3.63) is 41.5 Å². The quantitative estimate of drug-likeness (QED) is 0.668.